The van der Waals surface area contributed by atoms with Gasteiger partial charge in [-0.3, -0.25) is 9.48 Å². The van der Waals surface area contributed by atoms with Gasteiger partial charge in [0.05, 0.1) is 12.2 Å². The molecule has 3 rings (SSSR count). The molecule has 26 heavy (non-hydrogen) atoms. The summed E-state index contributed by atoms with van der Waals surface area (Å²) < 4.78 is 7.54. The first-order valence-corrected chi connectivity index (χ1v) is 9.72. The van der Waals surface area contributed by atoms with Crippen molar-refractivity contribution >= 4 is 12.0 Å². The van der Waals surface area contributed by atoms with Crippen molar-refractivity contribution in [2.75, 3.05) is 19.6 Å². The molecule has 2 saturated heterocycles. The van der Waals surface area contributed by atoms with Gasteiger partial charge < -0.3 is 14.5 Å². The van der Waals surface area contributed by atoms with E-state index in [0.29, 0.717) is 44.7 Å². The molecule has 0 N–H and O–H groups in total. The zero-order chi connectivity index (χ0) is 18.9. The van der Waals surface area contributed by atoms with Crippen molar-refractivity contribution in [3.05, 3.63) is 17.5 Å². The van der Waals surface area contributed by atoms with Crippen molar-refractivity contribution in [3.63, 3.8) is 0 Å². The number of hydrogen-bond acceptors (Lipinski definition) is 4. The summed E-state index contributed by atoms with van der Waals surface area (Å²) in [7, 11) is 0. The minimum Gasteiger partial charge on any atom is -0.441 e. The number of nitrogens with zero attached hydrogens (tertiary/aromatic N) is 4. The Hall–Kier alpha value is -2.05. The molecule has 1 atom stereocenters. The van der Waals surface area contributed by atoms with E-state index in [4.69, 9.17) is 4.74 Å². The van der Waals surface area contributed by atoms with Gasteiger partial charge in [0, 0.05) is 38.5 Å². The van der Waals surface area contributed by atoms with Crippen molar-refractivity contribution in [1.82, 2.24) is 19.6 Å². The molecular formula is C19H30N4O3. The van der Waals surface area contributed by atoms with Crippen LogP contribution in [0.15, 0.2) is 6.07 Å². The highest BCUT2D eigenvalue weighted by atomic mass is 16.6. The van der Waals surface area contributed by atoms with Crippen LogP contribution in [-0.2, 0) is 11.3 Å². The lowest BCUT2D eigenvalue weighted by Crippen LogP contribution is -2.49. The van der Waals surface area contributed by atoms with Crippen LogP contribution in [0.25, 0.3) is 0 Å². The number of hydrogen-bond donors (Lipinski definition) is 0. The van der Waals surface area contributed by atoms with Gasteiger partial charge >= 0.3 is 6.09 Å². The summed E-state index contributed by atoms with van der Waals surface area (Å²) in [4.78, 5) is 28.9. The summed E-state index contributed by atoms with van der Waals surface area (Å²) in [6.07, 6.45) is 3.21. The minimum absolute atomic E-state index is 0.0165. The van der Waals surface area contributed by atoms with E-state index < -0.39 is 5.60 Å². The molecule has 7 nitrogen and oxygen atoms in total. The van der Waals surface area contributed by atoms with E-state index in [-0.39, 0.29) is 18.0 Å². The fourth-order valence-electron chi connectivity index (χ4n) is 4.06. The highest BCUT2D eigenvalue weighted by molar-refractivity contribution is 5.92. The topological polar surface area (TPSA) is 67.7 Å². The first-order valence-electron chi connectivity index (χ1n) is 9.72. The number of aromatic nitrogens is 2. The molecule has 0 unspecified atom stereocenters. The first-order chi connectivity index (χ1) is 12.4. The third-order valence-corrected chi connectivity index (χ3v) is 5.62. The van der Waals surface area contributed by atoms with Gasteiger partial charge in [0.1, 0.15) is 11.3 Å². The SMILES string of the molecule is CCC[C@@H](C)N1CC2(CCN(C(=O)c3cc(C)nn3CC)CC2)OC1=O. The number of carbonyl (C=O) groups is 2. The number of carbonyl (C=O) groups excluding carboxylic acids is 2. The molecule has 0 aromatic carbocycles. The predicted octanol–water partition coefficient (Wildman–Crippen LogP) is 2.83. The average Bonchev–Trinajstić information content (AvgIpc) is 3.15. The second kappa shape index (κ2) is 7.29. The maximum absolute atomic E-state index is 12.9. The van der Waals surface area contributed by atoms with Crippen molar-refractivity contribution < 1.29 is 14.3 Å². The fraction of sp³-hybridized carbons (Fsp3) is 0.737. The molecule has 0 aliphatic carbocycles. The molecule has 0 radical (unpaired) electrons. The van der Waals surface area contributed by atoms with Crippen molar-refractivity contribution in [3.8, 4) is 0 Å². The third kappa shape index (κ3) is 3.44. The van der Waals surface area contributed by atoms with Crippen molar-refractivity contribution in [2.24, 2.45) is 0 Å². The van der Waals surface area contributed by atoms with Crippen LogP contribution in [0, 0.1) is 6.92 Å². The summed E-state index contributed by atoms with van der Waals surface area (Å²) in [6, 6.07) is 2.05. The maximum atomic E-state index is 12.9. The van der Waals surface area contributed by atoms with E-state index in [1.807, 2.05) is 29.7 Å². The molecular weight excluding hydrogens is 332 g/mol. The summed E-state index contributed by atoms with van der Waals surface area (Å²) in [6.45, 7) is 10.6. The van der Waals surface area contributed by atoms with Crippen LogP contribution in [0.2, 0.25) is 0 Å². The lowest BCUT2D eigenvalue weighted by molar-refractivity contribution is 0.00273. The third-order valence-electron chi connectivity index (χ3n) is 5.62. The largest absolute Gasteiger partial charge is 0.441 e. The van der Waals surface area contributed by atoms with Crippen LogP contribution in [0.5, 0.6) is 0 Å². The van der Waals surface area contributed by atoms with E-state index >= 15 is 0 Å². The van der Waals surface area contributed by atoms with Crippen LogP contribution in [0.3, 0.4) is 0 Å². The van der Waals surface area contributed by atoms with E-state index in [0.717, 1.165) is 18.5 Å². The average molecular weight is 362 g/mol. The molecule has 2 aliphatic heterocycles. The molecule has 0 bridgehead atoms. The molecule has 1 spiro atoms. The lowest BCUT2D eigenvalue weighted by atomic mass is 9.90. The van der Waals surface area contributed by atoms with E-state index in [1.54, 1.807) is 4.68 Å². The summed E-state index contributed by atoms with van der Waals surface area (Å²) >= 11 is 0. The molecule has 1 aromatic rings. The first kappa shape index (κ1) is 18.7. The fourth-order valence-corrected chi connectivity index (χ4v) is 4.06. The van der Waals surface area contributed by atoms with Crippen LogP contribution < -0.4 is 0 Å². The van der Waals surface area contributed by atoms with Crippen LogP contribution in [-0.4, -0.2) is 62.9 Å². The number of amides is 2. The van der Waals surface area contributed by atoms with E-state index in [9.17, 15) is 9.59 Å². The highest BCUT2D eigenvalue weighted by Gasteiger charge is 2.48. The Labute approximate surface area is 155 Å². The maximum Gasteiger partial charge on any atom is 0.410 e. The molecule has 144 valence electrons. The zero-order valence-electron chi connectivity index (χ0n) is 16.3. The quantitative estimate of drug-likeness (QED) is 0.808. The van der Waals surface area contributed by atoms with Gasteiger partial charge in [-0.15, -0.1) is 0 Å². The monoisotopic (exact) mass is 362 g/mol. The normalized spacial score (nSPS) is 20.5. The molecule has 2 amide bonds. The smallest absolute Gasteiger partial charge is 0.410 e. The second-order valence-electron chi connectivity index (χ2n) is 7.60. The highest BCUT2D eigenvalue weighted by Crippen LogP contribution is 2.35. The molecule has 2 fully saturated rings. The standard InChI is InChI=1S/C19H30N4O3/c1-5-7-15(4)22-13-19(26-18(22)25)8-10-21(11-9-19)17(24)16-12-14(3)20-23(16)6-2/h12,15H,5-11,13H2,1-4H3/t15-/m1/s1. The molecule has 2 aliphatic rings. The van der Waals surface area contributed by atoms with Gasteiger partial charge in [0.2, 0.25) is 0 Å². The Bertz CT molecular complexity index is 676. The van der Waals surface area contributed by atoms with Gasteiger partial charge in [-0.1, -0.05) is 13.3 Å². The van der Waals surface area contributed by atoms with Crippen LogP contribution in [0.1, 0.15) is 62.6 Å². The van der Waals surface area contributed by atoms with Crippen molar-refractivity contribution in [2.45, 2.75) is 71.6 Å². The lowest BCUT2D eigenvalue weighted by Gasteiger charge is -2.37. The number of piperidine rings is 1. The van der Waals surface area contributed by atoms with Crippen molar-refractivity contribution in [1.29, 1.82) is 0 Å². The minimum atomic E-state index is -0.434. The predicted molar refractivity (Wildman–Crippen MR) is 98.1 cm³/mol. The molecule has 7 heteroatoms. The summed E-state index contributed by atoms with van der Waals surface area (Å²) in [5.41, 5.74) is 1.06. The van der Waals surface area contributed by atoms with E-state index in [2.05, 4.69) is 18.9 Å². The van der Waals surface area contributed by atoms with Gasteiger partial charge in [-0.25, -0.2) is 4.79 Å². The Morgan fingerprint density at radius 2 is 2.04 bits per heavy atom. The number of rotatable bonds is 5. The number of aryl methyl sites for hydroxylation is 2. The van der Waals surface area contributed by atoms with Crippen LogP contribution in [0.4, 0.5) is 4.79 Å². The van der Waals surface area contributed by atoms with Gasteiger partial charge in [-0.2, -0.15) is 5.10 Å². The summed E-state index contributed by atoms with van der Waals surface area (Å²) in [5, 5.41) is 4.37. The Morgan fingerprint density at radius 1 is 1.35 bits per heavy atom. The van der Waals surface area contributed by atoms with Gasteiger partial charge in [-0.05, 0) is 33.3 Å². The Balaban J connectivity index is 1.64. The van der Waals surface area contributed by atoms with Gasteiger partial charge in [0.25, 0.3) is 5.91 Å². The Kier molecular flexibility index (Phi) is 5.25. The summed E-state index contributed by atoms with van der Waals surface area (Å²) in [5.74, 6) is 0.0165. The number of ether oxygens (including phenoxy) is 1. The zero-order valence-corrected chi connectivity index (χ0v) is 16.3. The second-order valence-corrected chi connectivity index (χ2v) is 7.60. The number of likely N-dealkylation sites (tertiary alicyclic amines) is 1. The van der Waals surface area contributed by atoms with Crippen LogP contribution >= 0.6 is 0 Å². The molecule has 1 aromatic heterocycles. The van der Waals surface area contributed by atoms with Gasteiger partial charge in [0.15, 0.2) is 0 Å². The molecule has 3 heterocycles. The Morgan fingerprint density at radius 3 is 2.65 bits per heavy atom. The molecule has 0 saturated carbocycles. The van der Waals surface area contributed by atoms with E-state index in [1.165, 1.54) is 0 Å².